The van der Waals surface area contributed by atoms with Crippen LogP contribution in [0.3, 0.4) is 0 Å². The minimum absolute atomic E-state index is 0.0107. The van der Waals surface area contributed by atoms with Gasteiger partial charge in [-0.05, 0) is 37.5 Å². The molecule has 26 heavy (non-hydrogen) atoms. The van der Waals surface area contributed by atoms with Crippen molar-refractivity contribution in [2.24, 2.45) is 10.2 Å². The van der Waals surface area contributed by atoms with E-state index in [1.54, 1.807) is 11.8 Å². The van der Waals surface area contributed by atoms with E-state index in [0.717, 1.165) is 52.9 Å². The summed E-state index contributed by atoms with van der Waals surface area (Å²) >= 11 is 1.76. The third-order valence-corrected chi connectivity index (χ3v) is 6.11. The highest BCUT2D eigenvalue weighted by atomic mass is 32.2. The maximum Gasteiger partial charge on any atom is 0.231 e. The van der Waals surface area contributed by atoms with Crippen LogP contribution >= 0.6 is 11.8 Å². The summed E-state index contributed by atoms with van der Waals surface area (Å²) in [6.07, 6.45) is 3.28. The van der Waals surface area contributed by atoms with Crippen LogP contribution in [-0.4, -0.2) is 44.8 Å². The van der Waals surface area contributed by atoms with Crippen LogP contribution < -0.4 is 14.9 Å². The molecule has 0 saturated carbocycles. The lowest BCUT2D eigenvalue weighted by molar-refractivity contribution is 0.174. The zero-order valence-electron chi connectivity index (χ0n) is 13.9. The number of hydrazone groups is 2. The Morgan fingerprint density at radius 2 is 2.15 bits per heavy atom. The Hall–Kier alpha value is -2.68. The number of ether oxygens (including phenoxy) is 2. The summed E-state index contributed by atoms with van der Waals surface area (Å²) < 4.78 is 10.9. The van der Waals surface area contributed by atoms with Crippen molar-refractivity contribution in [2.75, 3.05) is 12.5 Å². The van der Waals surface area contributed by atoms with Crippen LogP contribution in [0, 0.1) is 0 Å². The normalized spacial score (nSPS) is 22.6. The topological polar surface area (TPSA) is 87.1 Å². The van der Waals surface area contributed by atoms with Gasteiger partial charge in [0.05, 0.1) is 5.71 Å². The van der Waals surface area contributed by atoms with E-state index in [1.165, 1.54) is 17.7 Å². The number of aryl methyl sites for hydroxylation is 1. The van der Waals surface area contributed by atoms with Gasteiger partial charge in [-0.2, -0.15) is 15.3 Å². The molecule has 8 nitrogen and oxygen atoms in total. The third-order valence-electron chi connectivity index (χ3n) is 5.05. The molecule has 132 valence electrons. The highest BCUT2D eigenvalue weighted by molar-refractivity contribution is 8.00. The number of H-pyrrole nitrogens is 1. The number of fused-ring (bicyclic) bond motifs is 3. The van der Waals surface area contributed by atoms with Gasteiger partial charge < -0.3 is 9.47 Å². The van der Waals surface area contributed by atoms with Crippen molar-refractivity contribution in [3.8, 4) is 11.5 Å². The van der Waals surface area contributed by atoms with Gasteiger partial charge in [0, 0.05) is 22.6 Å². The van der Waals surface area contributed by atoms with Crippen LogP contribution in [0.4, 0.5) is 0 Å². The van der Waals surface area contributed by atoms with E-state index >= 15 is 0 Å². The second-order valence-corrected chi connectivity index (χ2v) is 7.64. The number of amidine groups is 1. The molecule has 9 heteroatoms. The van der Waals surface area contributed by atoms with E-state index in [0.29, 0.717) is 0 Å². The second kappa shape index (κ2) is 5.41. The number of hydrogen-bond donors (Lipinski definition) is 2. The fourth-order valence-corrected chi connectivity index (χ4v) is 4.70. The lowest BCUT2D eigenvalue weighted by Gasteiger charge is -2.27. The molecule has 0 bridgehead atoms. The summed E-state index contributed by atoms with van der Waals surface area (Å²) in [5, 5.41) is 19.0. The van der Waals surface area contributed by atoms with Crippen molar-refractivity contribution in [1.29, 1.82) is 0 Å². The number of rotatable bonds is 2. The number of thioether (sulfide) groups is 1. The number of benzene rings is 1. The highest BCUT2D eigenvalue weighted by Crippen LogP contribution is 2.35. The maximum atomic E-state index is 5.50. The van der Waals surface area contributed by atoms with Crippen molar-refractivity contribution < 1.29 is 9.47 Å². The summed E-state index contributed by atoms with van der Waals surface area (Å²) in [6, 6.07) is 5.96. The molecular formula is C17H16N6O2S. The van der Waals surface area contributed by atoms with Gasteiger partial charge in [-0.1, -0.05) is 0 Å². The van der Waals surface area contributed by atoms with E-state index < -0.39 is 0 Å². The molecule has 3 aliphatic heterocycles. The molecule has 0 radical (unpaired) electrons. The van der Waals surface area contributed by atoms with Gasteiger partial charge in [-0.15, -0.1) is 11.8 Å². The molecule has 1 unspecified atom stereocenters. The van der Waals surface area contributed by atoms with Crippen molar-refractivity contribution in [2.45, 2.75) is 24.8 Å². The third kappa shape index (κ3) is 2.06. The van der Waals surface area contributed by atoms with Crippen LogP contribution in [0.5, 0.6) is 11.5 Å². The van der Waals surface area contributed by atoms with Crippen molar-refractivity contribution in [3.63, 3.8) is 0 Å². The van der Waals surface area contributed by atoms with Gasteiger partial charge in [0.25, 0.3) is 0 Å². The Labute approximate surface area is 153 Å². The van der Waals surface area contributed by atoms with Crippen LogP contribution in [0.2, 0.25) is 0 Å². The van der Waals surface area contributed by atoms with Gasteiger partial charge in [0.15, 0.2) is 22.8 Å². The van der Waals surface area contributed by atoms with Gasteiger partial charge >= 0.3 is 0 Å². The van der Waals surface area contributed by atoms with E-state index in [9.17, 15) is 0 Å². The molecule has 4 aliphatic rings. The fourth-order valence-electron chi connectivity index (χ4n) is 3.74. The zero-order valence-corrected chi connectivity index (χ0v) is 14.7. The molecule has 6 rings (SSSR count). The first-order chi connectivity index (χ1) is 12.9. The molecule has 4 heterocycles. The summed E-state index contributed by atoms with van der Waals surface area (Å²) in [6.45, 7) is 0.277. The number of hydrogen-bond acceptors (Lipinski definition) is 8. The lowest BCUT2D eigenvalue weighted by atomic mass is 10.1. The van der Waals surface area contributed by atoms with Crippen molar-refractivity contribution >= 4 is 23.3 Å². The summed E-state index contributed by atoms with van der Waals surface area (Å²) in [7, 11) is 0. The molecule has 1 aromatic carbocycles. The molecule has 1 aromatic heterocycles. The molecule has 2 aromatic rings. The van der Waals surface area contributed by atoms with E-state index in [4.69, 9.17) is 14.6 Å². The Kier molecular flexibility index (Phi) is 3.01. The quantitative estimate of drug-likeness (QED) is 0.838. The largest absolute Gasteiger partial charge is 0.454 e. The fraction of sp³-hybridized carbons (Fsp3) is 0.353. The molecular weight excluding hydrogens is 352 g/mol. The predicted octanol–water partition coefficient (Wildman–Crippen LogP) is 1.63. The van der Waals surface area contributed by atoms with Gasteiger partial charge in [0.2, 0.25) is 6.79 Å². The Morgan fingerprint density at radius 1 is 1.19 bits per heavy atom. The Balaban J connectivity index is 1.36. The minimum atomic E-state index is 0.0107. The average Bonchev–Trinajstić information content (AvgIpc) is 3.43. The van der Waals surface area contributed by atoms with E-state index in [1.807, 2.05) is 23.2 Å². The predicted molar refractivity (Wildman–Crippen MR) is 97.5 cm³/mol. The molecule has 0 spiro atoms. The number of nitrogens with zero attached hydrogens (tertiary/aromatic N) is 4. The van der Waals surface area contributed by atoms with Crippen LogP contribution in [0.15, 0.2) is 28.4 Å². The summed E-state index contributed by atoms with van der Waals surface area (Å²) in [5.74, 6) is 3.15. The standard InChI is InChI=1S/C17H16N6O2S/c1-2-10-11(3-1)18-19-15(10)16-20-21-17-23(16)22-12(7-26-17)9-4-5-13-14(6-9)25-8-24-13/h4-6,17,21H,1-3,7-8H2,(H,18,19). The lowest BCUT2D eigenvalue weighted by Crippen LogP contribution is -2.39. The molecule has 0 saturated heterocycles. The first-order valence-electron chi connectivity index (χ1n) is 8.65. The highest BCUT2D eigenvalue weighted by Gasteiger charge is 2.36. The minimum Gasteiger partial charge on any atom is -0.454 e. The van der Waals surface area contributed by atoms with E-state index in [2.05, 4.69) is 20.7 Å². The molecule has 0 fully saturated rings. The van der Waals surface area contributed by atoms with Crippen LogP contribution in [0.1, 0.15) is 28.9 Å². The maximum absolute atomic E-state index is 5.50. The Bertz CT molecular complexity index is 968. The smallest absolute Gasteiger partial charge is 0.231 e. The number of aromatic amines is 1. The van der Waals surface area contributed by atoms with E-state index in [-0.39, 0.29) is 12.3 Å². The summed E-state index contributed by atoms with van der Waals surface area (Å²) in [4.78, 5) is 0. The average molecular weight is 368 g/mol. The van der Waals surface area contributed by atoms with Crippen LogP contribution in [0.25, 0.3) is 0 Å². The number of aromatic nitrogens is 2. The van der Waals surface area contributed by atoms with Gasteiger partial charge in [-0.25, -0.2) is 5.01 Å². The zero-order chi connectivity index (χ0) is 17.1. The van der Waals surface area contributed by atoms with Crippen molar-refractivity contribution in [3.05, 3.63) is 40.7 Å². The molecule has 1 atom stereocenters. The van der Waals surface area contributed by atoms with Crippen molar-refractivity contribution in [1.82, 2.24) is 20.6 Å². The second-order valence-electron chi connectivity index (χ2n) is 6.57. The first-order valence-corrected chi connectivity index (χ1v) is 9.70. The monoisotopic (exact) mass is 368 g/mol. The summed E-state index contributed by atoms with van der Waals surface area (Å²) in [5.41, 5.74) is 8.65. The SMILES string of the molecule is c1cc2c(cc1C1=NN3C(c4n[nH]c5c4CCC5)=NNC3SC1)OCO2. The molecule has 1 aliphatic carbocycles. The van der Waals surface area contributed by atoms with Crippen LogP contribution in [-0.2, 0) is 12.8 Å². The van der Waals surface area contributed by atoms with Gasteiger partial charge in [0.1, 0.15) is 5.69 Å². The Morgan fingerprint density at radius 3 is 3.15 bits per heavy atom. The molecule has 2 N–H and O–H groups in total. The molecule has 0 amide bonds. The van der Waals surface area contributed by atoms with Gasteiger partial charge in [-0.3, -0.25) is 10.5 Å². The first kappa shape index (κ1) is 14.5. The number of nitrogens with one attached hydrogen (secondary N) is 2.